The molecule has 0 amide bonds. The summed E-state index contributed by atoms with van der Waals surface area (Å²) in [6, 6.07) is 8.25. The quantitative estimate of drug-likeness (QED) is 0.598. The highest BCUT2D eigenvalue weighted by atomic mass is 35.5. The molecule has 1 atom stereocenters. The van der Waals surface area contributed by atoms with Gasteiger partial charge in [-0.1, -0.05) is 29.3 Å². The van der Waals surface area contributed by atoms with E-state index in [1.807, 2.05) is 0 Å². The number of allylic oxidation sites excluding steroid dienone is 1. The molecule has 25 heavy (non-hydrogen) atoms. The molecule has 5 nitrogen and oxygen atoms in total. The molecule has 0 fully saturated rings. The maximum absolute atomic E-state index is 12.2. The Balaban J connectivity index is 2.03. The second kappa shape index (κ2) is 7.07. The van der Waals surface area contributed by atoms with Gasteiger partial charge in [-0.2, -0.15) is 0 Å². The predicted molar refractivity (Wildman–Crippen MR) is 100 cm³/mol. The first kappa shape index (κ1) is 17.8. The van der Waals surface area contributed by atoms with Crippen LogP contribution in [0.1, 0.15) is 18.7 Å². The Labute approximate surface area is 159 Å². The number of carbonyl (C=O) groups excluding carboxylic acids is 1. The smallest absolute Gasteiger partial charge is 0.338 e. The number of hydrogen-bond donors (Lipinski definition) is 2. The molecular weight excluding hydrogens is 383 g/mol. The molecule has 0 saturated heterocycles. The Hall–Kier alpha value is -2.02. The van der Waals surface area contributed by atoms with Gasteiger partial charge >= 0.3 is 5.97 Å². The highest BCUT2D eigenvalue weighted by molar-refractivity contribution is 7.80. The number of rotatable bonds is 3. The minimum Gasteiger partial charge on any atom is -0.466 e. The Bertz CT molecular complexity index is 892. The highest BCUT2D eigenvalue weighted by Gasteiger charge is 2.32. The van der Waals surface area contributed by atoms with Crippen LogP contribution in [0.4, 0.5) is 0 Å². The molecule has 2 aromatic rings. The molecule has 0 radical (unpaired) electrons. The van der Waals surface area contributed by atoms with Gasteiger partial charge in [-0.25, -0.2) is 4.79 Å². The monoisotopic (exact) mass is 396 g/mol. The van der Waals surface area contributed by atoms with Gasteiger partial charge in [0.1, 0.15) is 17.6 Å². The molecule has 8 heteroatoms. The van der Waals surface area contributed by atoms with E-state index < -0.39 is 12.0 Å². The summed E-state index contributed by atoms with van der Waals surface area (Å²) >= 11 is 17.5. The first-order valence-electron chi connectivity index (χ1n) is 7.33. The van der Waals surface area contributed by atoms with Crippen LogP contribution in [-0.2, 0) is 9.53 Å². The molecule has 2 heterocycles. The zero-order chi connectivity index (χ0) is 18.1. The average molecular weight is 397 g/mol. The van der Waals surface area contributed by atoms with Crippen LogP contribution < -0.4 is 10.6 Å². The van der Waals surface area contributed by atoms with Crippen molar-refractivity contribution in [1.29, 1.82) is 0 Å². The van der Waals surface area contributed by atoms with E-state index in [1.165, 1.54) is 7.11 Å². The average Bonchev–Trinajstić information content (AvgIpc) is 3.05. The van der Waals surface area contributed by atoms with E-state index in [1.54, 1.807) is 37.3 Å². The van der Waals surface area contributed by atoms with Crippen molar-refractivity contribution in [3.8, 4) is 11.3 Å². The van der Waals surface area contributed by atoms with E-state index in [9.17, 15) is 4.79 Å². The van der Waals surface area contributed by atoms with Gasteiger partial charge in [-0.05, 0) is 43.4 Å². The van der Waals surface area contributed by atoms with E-state index in [0.717, 1.165) is 0 Å². The van der Waals surface area contributed by atoms with Gasteiger partial charge in [0, 0.05) is 11.3 Å². The van der Waals surface area contributed by atoms with Crippen molar-refractivity contribution >= 4 is 46.5 Å². The fraction of sp³-hybridized carbons (Fsp3) is 0.176. The fourth-order valence-corrected chi connectivity index (χ4v) is 3.30. The molecule has 1 aromatic heterocycles. The minimum atomic E-state index is -0.562. The molecule has 1 aromatic carbocycles. The third-order valence-corrected chi connectivity index (χ3v) is 4.84. The number of halogens is 2. The third-order valence-electron chi connectivity index (χ3n) is 3.80. The molecule has 2 N–H and O–H groups in total. The van der Waals surface area contributed by atoms with Gasteiger partial charge < -0.3 is 19.8 Å². The zero-order valence-electron chi connectivity index (χ0n) is 13.4. The number of ether oxygens (including phenoxy) is 1. The lowest BCUT2D eigenvalue weighted by atomic mass is 10.0. The molecule has 0 unspecified atom stereocenters. The van der Waals surface area contributed by atoms with Crippen molar-refractivity contribution in [2.24, 2.45) is 0 Å². The number of furan rings is 1. The second-order valence-corrected chi connectivity index (χ2v) is 6.56. The molecule has 1 aliphatic heterocycles. The second-order valence-electron chi connectivity index (χ2n) is 5.37. The van der Waals surface area contributed by atoms with Crippen molar-refractivity contribution < 1.29 is 13.9 Å². The summed E-state index contributed by atoms with van der Waals surface area (Å²) in [5.41, 5.74) is 1.67. The van der Waals surface area contributed by atoms with Crippen LogP contribution in [-0.4, -0.2) is 18.2 Å². The Morgan fingerprint density at radius 2 is 2.04 bits per heavy atom. The standard InChI is InChI=1S/C17H14Cl2N2O3S/c1-8-13(16(22)23-2)15(21-17(25)20-8)12-7-6-11(24-12)9-4-3-5-10(18)14(9)19/h3-7,15H,1-2H3,(H2,20,21,25)/t15-/m0/s1. The number of thiocarbonyl (C=S) groups is 1. The van der Waals surface area contributed by atoms with Gasteiger partial charge in [-0.3, -0.25) is 0 Å². The zero-order valence-corrected chi connectivity index (χ0v) is 15.7. The summed E-state index contributed by atoms with van der Waals surface area (Å²) < 4.78 is 10.8. The Kier molecular flexibility index (Phi) is 5.03. The maximum Gasteiger partial charge on any atom is 0.338 e. The van der Waals surface area contributed by atoms with Crippen LogP contribution in [0.2, 0.25) is 10.0 Å². The van der Waals surface area contributed by atoms with Crippen molar-refractivity contribution in [3.63, 3.8) is 0 Å². The molecule has 1 aliphatic rings. The van der Waals surface area contributed by atoms with Crippen LogP contribution in [0.25, 0.3) is 11.3 Å². The van der Waals surface area contributed by atoms with Crippen molar-refractivity contribution in [2.45, 2.75) is 13.0 Å². The molecule has 0 aliphatic carbocycles. The van der Waals surface area contributed by atoms with Gasteiger partial charge in [0.05, 0.1) is 22.7 Å². The SMILES string of the molecule is COC(=O)C1=C(C)NC(=S)N[C@H]1c1ccc(-c2cccc(Cl)c2Cl)o1. The highest BCUT2D eigenvalue weighted by Crippen LogP contribution is 2.37. The van der Waals surface area contributed by atoms with Gasteiger partial charge in [0.25, 0.3) is 0 Å². The maximum atomic E-state index is 12.2. The molecule has 0 bridgehead atoms. The fourth-order valence-electron chi connectivity index (χ4n) is 2.63. The van der Waals surface area contributed by atoms with Crippen molar-refractivity contribution in [3.05, 3.63) is 57.4 Å². The lowest BCUT2D eigenvalue weighted by molar-refractivity contribution is -0.136. The van der Waals surface area contributed by atoms with Crippen LogP contribution in [0.3, 0.4) is 0 Å². The Morgan fingerprint density at radius 1 is 1.28 bits per heavy atom. The number of benzene rings is 1. The summed E-state index contributed by atoms with van der Waals surface area (Å²) in [5, 5.41) is 7.18. The summed E-state index contributed by atoms with van der Waals surface area (Å²) in [6.07, 6.45) is 0. The van der Waals surface area contributed by atoms with E-state index in [4.69, 9.17) is 44.6 Å². The molecule has 3 rings (SSSR count). The van der Waals surface area contributed by atoms with E-state index in [2.05, 4.69) is 10.6 Å². The van der Waals surface area contributed by atoms with Crippen LogP contribution in [0, 0.1) is 0 Å². The van der Waals surface area contributed by atoms with E-state index in [-0.39, 0.29) is 0 Å². The lowest BCUT2D eigenvalue weighted by Crippen LogP contribution is -2.44. The van der Waals surface area contributed by atoms with Gasteiger partial charge in [-0.15, -0.1) is 0 Å². The molecular formula is C17H14Cl2N2O3S. The van der Waals surface area contributed by atoms with E-state index in [0.29, 0.717) is 43.5 Å². The first-order valence-corrected chi connectivity index (χ1v) is 8.49. The first-order chi connectivity index (χ1) is 11.9. The summed E-state index contributed by atoms with van der Waals surface area (Å²) in [5.74, 6) is 0.578. The molecule has 130 valence electrons. The third kappa shape index (κ3) is 3.38. The topological polar surface area (TPSA) is 63.5 Å². The number of esters is 1. The summed E-state index contributed by atoms with van der Waals surface area (Å²) in [6.45, 7) is 1.75. The van der Waals surface area contributed by atoms with E-state index >= 15 is 0 Å². The predicted octanol–water partition coefficient (Wildman–Crippen LogP) is 4.22. The summed E-state index contributed by atoms with van der Waals surface area (Å²) in [7, 11) is 1.33. The van der Waals surface area contributed by atoms with Crippen LogP contribution >= 0.6 is 35.4 Å². The minimum absolute atomic E-state index is 0.397. The number of carbonyl (C=O) groups is 1. The van der Waals surface area contributed by atoms with Crippen LogP contribution in [0.5, 0.6) is 0 Å². The number of nitrogens with one attached hydrogen (secondary N) is 2. The van der Waals surface area contributed by atoms with Crippen molar-refractivity contribution in [2.75, 3.05) is 7.11 Å². The molecule has 0 saturated carbocycles. The lowest BCUT2D eigenvalue weighted by Gasteiger charge is -2.27. The number of hydrogen-bond acceptors (Lipinski definition) is 4. The Morgan fingerprint density at radius 3 is 2.76 bits per heavy atom. The largest absolute Gasteiger partial charge is 0.466 e. The van der Waals surface area contributed by atoms with Gasteiger partial charge in [0.2, 0.25) is 0 Å². The normalized spacial score (nSPS) is 17.1. The van der Waals surface area contributed by atoms with Crippen LogP contribution in [0.15, 0.2) is 46.0 Å². The molecule has 0 spiro atoms. The van der Waals surface area contributed by atoms with Gasteiger partial charge in [0.15, 0.2) is 5.11 Å². The van der Waals surface area contributed by atoms with Crippen molar-refractivity contribution in [1.82, 2.24) is 10.6 Å². The number of methoxy groups -OCH3 is 1. The summed E-state index contributed by atoms with van der Waals surface area (Å²) in [4.78, 5) is 12.2.